The first-order chi connectivity index (χ1) is 13.1. The molecule has 2 aromatic heterocycles. The number of ether oxygens (including phenoxy) is 1. The number of methoxy groups -OCH3 is 1. The van der Waals surface area contributed by atoms with Crippen LogP contribution in [0.15, 0.2) is 30.5 Å². The molecule has 1 fully saturated rings. The Balaban J connectivity index is 2.02. The maximum atomic E-state index is 5.72. The van der Waals surface area contributed by atoms with Crippen LogP contribution in [0.1, 0.15) is 54.5 Å². The Morgan fingerprint density at radius 1 is 1.26 bits per heavy atom. The molecule has 3 rings (SSSR count). The molecular weight excluding hydrogens is 356 g/mol. The monoisotopic (exact) mass is 386 g/mol. The lowest BCUT2D eigenvalue weighted by Crippen LogP contribution is -2.30. The fourth-order valence-corrected chi connectivity index (χ4v) is 4.30. The zero-order valence-electron chi connectivity index (χ0n) is 16.7. The minimum atomic E-state index is 0.0620. The van der Waals surface area contributed by atoms with Crippen LogP contribution >= 0.6 is 12.2 Å². The van der Waals surface area contributed by atoms with Gasteiger partial charge in [0.15, 0.2) is 5.11 Å². The van der Waals surface area contributed by atoms with E-state index in [9.17, 15) is 0 Å². The highest BCUT2D eigenvalue weighted by molar-refractivity contribution is 7.80. The van der Waals surface area contributed by atoms with E-state index >= 15 is 0 Å². The van der Waals surface area contributed by atoms with Gasteiger partial charge in [-0.05, 0) is 56.2 Å². The van der Waals surface area contributed by atoms with E-state index < -0.39 is 0 Å². The van der Waals surface area contributed by atoms with Crippen molar-refractivity contribution < 1.29 is 4.74 Å². The third-order valence-corrected chi connectivity index (χ3v) is 5.75. The normalized spacial score (nSPS) is 19.6. The molecule has 0 saturated carbocycles. The predicted octanol–water partition coefficient (Wildman–Crippen LogP) is 3.92. The fourth-order valence-electron chi connectivity index (χ4n) is 3.97. The van der Waals surface area contributed by atoms with Crippen molar-refractivity contribution in [2.24, 2.45) is 0 Å². The van der Waals surface area contributed by atoms with Gasteiger partial charge in [0.25, 0.3) is 0 Å². The summed E-state index contributed by atoms with van der Waals surface area (Å²) in [7, 11) is 1.75. The van der Waals surface area contributed by atoms with Gasteiger partial charge >= 0.3 is 0 Å². The first kappa shape index (κ1) is 19.8. The molecule has 0 aliphatic carbocycles. The molecular formula is C21H30N4OS. The fraction of sp³-hybridized carbons (Fsp3) is 0.524. The van der Waals surface area contributed by atoms with Gasteiger partial charge < -0.3 is 19.5 Å². The van der Waals surface area contributed by atoms with Crippen LogP contribution in [0.25, 0.3) is 0 Å². The van der Waals surface area contributed by atoms with Crippen molar-refractivity contribution in [2.75, 3.05) is 20.3 Å². The minimum Gasteiger partial charge on any atom is -0.383 e. The Labute approximate surface area is 167 Å². The highest BCUT2D eigenvalue weighted by atomic mass is 32.1. The van der Waals surface area contributed by atoms with E-state index in [2.05, 4.69) is 52.7 Å². The van der Waals surface area contributed by atoms with Crippen LogP contribution in [0.2, 0.25) is 0 Å². The quantitative estimate of drug-likeness (QED) is 0.697. The molecule has 0 amide bonds. The van der Waals surface area contributed by atoms with Gasteiger partial charge in [-0.2, -0.15) is 0 Å². The number of thiocarbonyl (C=S) groups is 1. The smallest absolute Gasteiger partial charge is 0.170 e. The number of hydrogen-bond acceptors (Lipinski definition) is 3. The zero-order valence-corrected chi connectivity index (χ0v) is 17.6. The average molecular weight is 387 g/mol. The van der Waals surface area contributed by atoms with Crippen LogP contribution in [-0.2, 0) is 11.3 Å². The predicted molar refractivity (Wildman–Crippen MR) is 113 cm³/mol. The molecule has 2 unspecified atom stereocenters. The SMILES string of the molecule is CCCCN1C(=S)NC(c2ccccn2)C1c1cc(C)n(CCOC)c1C. The van der Waals surface area contributed by atoms with Crippen LogP contribution in [0, 0.1) is 13.8 Å². The third-order valence-electron chi connectivity index (χ3n) is 5.40. The summed E-state index contributed by atoms with van der Waals surface area (Å²) in [6.45, 7) is 9.11. The van der Waals surface area contributed by atoms with Crippen molar-refractivity contribution in [1.82, 2.24) is 19.8 Å². The molecule has 0 aromatic carbocycles. The van der Waals surface area contributed by atoms with Crippen molar-refractivity contribution in [1.29, 1.82) is 0 Å². The summed E-state index contributed by atoms with van der Waals surface area (Å²) in [6.07, 6.45) is 4.12. The van der Waals surface area contributed by atoms with E-state index in [0.29, 0.717) is 6.61 Å². The van der Waals surface area contributed by atoms with E-state index in [0.717, 1.165) is 36.7 Å². The standard InChI is InChI=1S/C21H30N4OS/c1-5-6-11-25-20(17-14-15(2)24(16(17)3)12-13-26-4)19(23-21(25)27)18-9-7-8-10-22-18/h7-10,14,19-20H,5-6,11-13H2,1-4H3,(H,23,27). The molecule has 1 aliphatic heterocycles. The maximum absolute atomic E-state index is 5.72. The van der Waals surface area contributed by atoms with Crippen molar-refractivity contribution in [2.45, 2.75) is 52.2 Å². The minimum absolute atomic E-state index is 0.0620. The summed E-state index contributed by atoms with van der Waals surface area (Å²) in [5, 5.41) is 4.36. The number of aryl methyl sites for hydroxylation is 1. The summed E-state index contributed by atoms with van der Waals surface area (Å²) in [5.41, 5.74) is 4.89. The van der Waals surface area contributed by atoms with Crippen molar-refractivity contribution in [3.63, 3.8) is 0 Å². The van der Waals surface area contributed by atoms with Gasteiger partial charge in [-0.25, -0.2) is 0 Å². The number of hydrogen-bond donors (Lipinski definition) is 1. The number of aromatic nitrogens is 2. The Hall–Kier alpha value is -1.92. The number of rotatable bonds is 8. The number of pyridine rings is 1. The van der Waals surface area contributed by atoms with Gasteiger partial charge in [0.1, 0.15) is 0 Å². The molecule has 5 nitrogen and oxygen atoms in total. The molecule has 1 saturated heterocycles. The zero-order chi connectivity index (χ0) is 19.4. The highest BCUT2D eigenvalue weighted by Gasteiger charge is 2.40. The Kier molecular flexibility index (Phi) is 6.50. The summed E-state index contributed by atoms with van der Waals surface area (Å²) in [4.78, 5) is 6.97. The van der Waals surface area contributed by atoms with E-state index in [1.165, 1.54) is 17.0 Å². The second-order valence-electron chi connectivity index (χ2n) is 7.14. The molecule has 2 atom stereocenters. The highest BCUT2D eigenvalue weighted by Crippen LogP contribution is 2.40. The van der Waals surface area contributed by atoms with E-state index in [1.807, 2.05) is 18.3 Å². The van der Waals surface area contributed by atoms with Crippen LogP contribution in [-0.4, -0.2) is 39.8 Å². The summed E-state index contributed by atoms with van der Waals surface area (Å²) >= 11 is 5.72. The number of unbranched alkanes of at least 4 members (excludes halogenated alkanes) is 1. The van der Waals surface area contributed by atoms with Crippen LogP contribution in [0.3, 0.4) is 0 Å². The van der Waals surface area contributed by atoms with Gasteiger partial charge in [0, 0.05) is 37.8 Å². The largest absolute Gasteiger partial charge is 0.383 e. The molecule has 146 valence electrons. The molecule has 0 spiro atoms. The van der Waals surface area contributed by atoms with Crippen molar-refractivity contribution >= 4 is 17.3 Å². The molecule has 3 heterocycles. The molecule has 27 heavy (non-hydrogen) atoms. The molecule has 0 bridgehead atoms. The number of nitrogens with one attached hydrogen (secondary N) is 1. The van der Waals surface area contributed by atoms with Crippen LogP contribution in [0.5, 0.6) is 0 Å². The average Bonchev–Trinajstić information content (AvgIpc) is 3.15. The van der Waals surface area contributed by atoms with Gasteiger partial charge in [0.2, 0.25) is 0 Å². The summed E-state index contributed by atoms with van der Waals surface area (Å²) in [6, 6.07) is 8.60. The molecule has 1 aliphatic rings. The topological polar surface area (TPSA) is 42.3 Å². The van der Waals surface area contributed by atoms with E-state index in [-0.39, 0.29) is 12.1 Å². The second kappa shape index (κ2) is 8.85. The first-order valence-corrected chi connectivity index (χ1v) is 10.1. The van der Waals surface area contributed by atoms with Crippen LogP contribution in [0.4, 0.5) is 0 Å². The summed E-state index contributed by atoms with van der Waals surface area (Å²) < 4.78 is 7.64. The lowest BCUT2D eigenvalue weighted by atomic mass is 9.96. The lowest BCUT2D eigenvalue weighted by Gasteiger charge is -2.28. The Morgan fingerprint density at radius 3 is 2.74 bits per heavy atom. The van der Waals surface area contributed by atoms with Gasteiger partial charge in [0.05, 0.1) is 24.4 Å². The maximum Gasteiger partial charge on any atom is 0.170 e. The Bertz CT molecular complexity index is 774. The molecule has 0 radical (unpaired) electrons. The first-order valence-electron chi connectivity index (χ1n) is 9.72. The Morgan fingerprint density at radius 2 is 2.07 bits per heavy atom. The van der Waals surface area contributed by atoms with Crippen LogP contribution < -0.4 is 5.32 Å². The van der Waals surface area contributed by atoms with Gasteiger partial charge in [-0.1, -0.05) is 19.4 Å². The lowest BCUT2D eigenvalue weighted by molar-refractivity contribution is 0.186. The second-order valence-corrected chi connectivity index (χ2v) is 7.53. The van der Waals surface area contributed by atoms with Gasteiger partial charge in [-0.15, -0.1) is 0 Å². The molecule has 2 aromatic rings. The third kappa shape index (κ3) is 4.01. The van der Waals surface area contributed by atoms with Gasteiger partial charge in [-0.3, -0.25) is 4.98 Å². The summed E-state index contributed by atoms with van der Waals surface area (Å²) in [5.74, 6) is 0. The van der Waals surface area contributed by atoms with E-state index in [1.54, 1.807) is 7.11 Å². The molecule has 1 N–H and O–H groups in total. The number of nitrogens with zero attached hydrogens (tertiary/aromatic N) is 3. The van der Waals surface area contributed by atoms with Crippen molar-refractivity contribution in [3.05, 3.63) is 53.1 Å². The van der Waals surface area contributed by atoms with E-state index in [4.69, 9.17) is 17.0 Å². The van der Waals surface area contributed by atoms with Crippen molar-refractivity contribution in [3.8, 4) is 0 Å². The molecule has 6 heteroatoms.